The fourth-order valence-corrected chi connectivity index (χ4v) is 2.77. The SMILES string of the molecule is CCCCCCCCC=CCCCCCCCC(=O)OCCOCC. The molecule has 0 radical (unpaired) electrons. The molecular weight excluding hydrogens is 312 g/mol. The number of hydrogen-bond acceptors (Lipinski definition) is 3. The molecule has 3 heteroatoms. The lowest BCUT2D eigenvalue weighted by atomic mass is 10.1. The van der Waals surface area contributed by atoms with Crippen molar-refractivity contribution < 1.29 is 14.3 Å². The highest BCUT2D eigenvalue weighted by Gasteiger charge is 2.02. The maximum absolute atomic E-state index is 11.5. The van der Waals surface area contributed by atoms with Crippen LogP contribution in [0.15, 0.2) is 12.2 Å². The molecule has 0 aliphatic carbocycles. The molecule has 0 fully saturated rings. The summed E-state index contributed by atoms with van der Waals surface area (Å²) in [5.74, 6) is -0.0858. The van der Waals surface area contributed by atoms with Crippen molar-refractivity contribution >= 4 is 5.97 Å². The zero-order valence-electron chi connectivity index (χ0n) is 16.9. The molecule has 0 unspecified atom stereocenters. The van der Waals surface area contributed by atoms with Crippen LogP contribution in [0.3, 0.4) is 0 Å². The van der Waals surface area contributed by atoms with E-state index in [1.165, 1.54) is 70.6 Å². The van der Waals surface area contributed by atoms with Gasteiger partial charge in [-0.25, -0.2) is 0 Å². The first-order chi connectivity index (χ1) is 12.3. The highest BCUT2D eigenvalue weighted by atomic mass is 16.6. The minimum atomic E-state index is -0.0858. The van der Waals surface area contributed by atoms with E-state index in [9.17, 15) is 4.79 Å². The summed E-state index contributed by atoms with van der Waals surface area (Å²) >= 11 is 0. The molecule has 0 aromatic carbocycles. The highest BCUT2D eigenvalue weighted by molar-refractivity contribution is 5.69. The molecule has 0 aromatic rings. The lowest BCUT2D eigenvalue weighted by molar-refractivity contribution is -0.145. The molecule has 0 amide bonds. The van der Waals surface area contributed by atoms with Gasteiger partial charge in [0, 0.05) is 13.0 Å². The Bertz CT molecular complexity index is 300. The minimum absolute atomic E-state index is 0.0858. The number of allylic oxidation sites excluding steroid dienone is 2. The Morgan fingerprint density at radius 1 is 0.720 bits per heavy atom. The van der Waals surface area contributed by atoms with Crippen LogP contribution in [0.25, 0.3) is 0 Å². The Labute approximate surface area is 156 Å². The van der Waals surface area contributed by atoms with Crippen LogP contribution in [0.5, 0.6) is 0 Å². The standard InChI is InChI=1S/C22H42O3/c1-3-5-6-7-8-9-10-11-12-13-14-15-16-17-18-19-22(23)25-21-20-24-4-2/h11-12H,3-10,13-21H2,1-2H3. The second-order valence-electron chi connectivity index (χ2n) is 6.75. The van der Waals surface area contributed by atoms with E-state index in [1.54, 1.807) is 0 Å². The molecule has 0 aliphatic rings. The quantitative estimate of drug-likeness (QED) is 0.149. The zero-order valence-corrected chi connectivity index (χ0v) is 16.9. The number of carbonyl (C=O) groups excluding carboxylic acids is 1. The van der Waals surface area contributed by atoms with Gasteiger partial charge in [0.05, 0.1) is 6.61 Å². The highest BCUT2D eigenvalue weighted by Crippen LogP contribution is 2.10. The molecule has 0 rings (SSSR count). The predicted molar refractivity (Wildman–Crippen MR) is 107 cm³/mol. The molecule has 0 aromatic heterocycles. The van der Waals surface area contributed by atoms with Crippen molar-refractivity contribution in [1.29, 1.82) is 0 Å². The molecule has 0 spiro atoms. The van der Waals surface area contributed by atoms with Gasteiger partial charge >= 0.3 is 5.97 Å². The van der Waals surface area contributed by atoms with Crippen molar-refractivity contribution in [3.8, 4) is 0 Å². The van der Waals surface area contributed by atoms with Crippen molar-refractivity contribution in [1.82, 2.24) is 0 Å². The first-order valence-corrected chi connectivity index (χ1v) is 10.7. The molecule has 0 bridgehead atoms. The normalized spacial score (nSPS) is 11.3. The van der Waals surface area contributed by atoms with Gasteiger partial charge in [0.25, 0.3) is 0 Å². The van der Waals surface area contributed by atoms with Crippen LogP contribution in [0, 0.1) is 0 Å². The number of rotatable bonds is 19. The van der Waals surface area contributed by atoms with Gasteiger partial charge < -0.3 is 9.47 Å². The van der Waals surface area contributed by atoms with E-state index < -0.39 is 0 Å². The Balaban J connectivity index is 3.17. The van der Waals surface area contributed by atoms with Gasteiger partial charge in [-0.15, -0.1) is 0 Å². The first-order valence-electron chi connectivity index (χ1n) is 10.7. The molecule has 0 saturated heterocycles. The third-order valence-electron chi connectivity index (χ3n) is 4.34. The number of hydrogen-bond donors (Lipinski definition) is 0. The average Bonchev–Trinajstić information content (AvgIpc) is 2.62. The monoisotopic (exact) mass is 354 g/mol. The Morgan fingerprint density at radius 2 is 1.28 bits per heavy atom. The summed E-state index contributed by atoms with van der Waals surface area (Å²) in [5, 5.41) is 0. The van der Waals surface area contributed by atoms with Crippen LogP contribution in [0.4, 0.5) is 0 Å². The predicted octanol–water partition coefficient (Wildman–Crippen LogP) is 6.60. The molecule has 148 valence electrons. The number of unbranched alkanes of at least 4 members (excludes halogenated alkanes) is 11. The van der Waals surface area contributed by atoms with E-state index in [0.29, 0.717) is 26.2 Å². The van der Waals surface area contributed by atoms with Gasteiger partial charge in [0.2, 0.25) is 0 Å². The lowest BCUT2D eigenvalue weighted by Crippen LogP contribution is -2.10. The fraction of sp³-hybridized carbons (Fsp3) is 0.864. The number of ether oxygens (including phenoxy) is 2. The fourth-order valence-electron chi connectivity index (χ4n) is 2.77. The maximum Gasteiger partial charge on any atom is 0.305 e. The minimum Gasteiger partial charge on any atom is -0.463 e. The van der Waals surface area contributed by atoms with E-state index in [2.05, 4.69) is 19.1 Å². The van der Waals surface area contributed by atoms with Crippen molar-refractivity contribution in [2.45, 2.75) is 104 Å². The smallest absolute Gasteiger partial charge is 0.305 e. The number of carbonyl (C=O) groups is 1. The van der Waals surface area contributed by atoms with Crippen molar-refractivity contribution in [2.24, 2.45) is 0 Å². The van der Waals surface area contributed by atoms with Crippen LogP contribution in [0.2, 0.25) is 0 Å². The van der Waals surface area contributed by atoms with Gasteiger partial charge in [0.1, 0.15) is 6.61 Å². The van der Waals surface area contributed by atoms with E-state index in [-0.39, 0.29) is 5.97 Å². The largest absolute Gasteiger partial charge is 0.463 e. The van der Waals surface area contributed by atoms with Crippen molar-refractivity contribution in [3.05, 3.63) is 12.2 Å². The topological polar surface area (TPSA) is 35.5 Å². The summed E-state index contributed by atoms with van der Waals surface area (Å²) in [4.78, 5) is 11.5. The Kier molecular flexibility index (Phi) is 20.5. The lowest BCUT2D eigenvalue weighted by Gasteiger charge is -2.04. The molecule has 0 aliphatic heterocycles. The van der Waals surface area contributed by atoms with Crippen LogP contribution < -0.4 is 0 Å². The summed E-state index contributed by atoms with van der Waals surface area (Å²) in [5.41, 5.74) is 0. The van der Waals surface area contributed by atoms with Gasteiger partial charge in [-0.1, -0.05) is 70.4 Å². The molecule has 0 atom stereocenters. The van der Waals surface area contributed by atoms with Crippen LogP contribution >= 0.6 is 0 Å². The first kappa shape index (κ1) is 24.2. The second-order valence-corrected chi connectivity index (χ2v) is 6.75. The summed E-state index contributed by atoms with van der Waals surface area (Å²) in [6, 6.07) is 0. The van der Waals surface area contributed by atoms with E-state index >= 15 is 0 Å². The third kappa shape index (κ3) is 21.1. The van der Waals surface area contributed by atoms with Gasteiger partial charge in [-0.2, -0.15) is 0 Å². The molecule has 0 heterocycles. The second kappa shape index (κ2) is 21.2. The third-order valence-corrected chi connectivity index (χ3v) is 4.34. The summed E-state index contributed by atoms with van der Waals surface area (Å²) in [7, 11) is 0. The Hall–Kier alpha value is -0.830. The van der Waals surface area contributed by atoms with Gasteiger partial charge in [-0.05, 0) is 39.0 Å². The van der Waals surface area contributed by atoms with Crippen molar-refractivity contribution in [2.75, 3.05) is 19.8 Å². The molecule has 25 heavy (non-hydrogen) atoms. The average molecular weight is 355 g/mol. The van der Waals surface area contributed by atoms with E-state index in [0.717, 1.165) is 12.8 Å². The molecular formula is C22H42O3. The van der Waals surface area contributed by atoms with Crippen molar-refractivity contribution in [3.63, 3.8) is 0 Å². The summed E-state index contributed by atoms with van der Waals surface area (Å²) < 4.78 is 10.2. The van der Waals surface area contributed by atoms with E-state index in [1.807, 2.05) is 6.92 Å². The summed E-state index contributed by atoms with van der Waals surface area (Å²) in [6.45, 7) is 5.77. The van der Waals surface area contributed by atoms with Gasteiger partial charge in [0.15, 0.2) is 0 Å². The zero-order chi connectivity index (χ0) is 18.4. The molecule has 0 N–H and O–H groups in total. The van der Waals surface area contributed by atoms with Crippen LogP contribution in [-0.2, 0) is 14.3 Å². The summed E-state index contributed by atoms with van der Waals surface area (Å²) in [6.07, 6.45) is 21.8. The Morgan fingerprint density at radius 3 is 1.88 bits per heavy atom. The maximum atomic E-state index is 11.5. The molecule has 3 nitrogen and oxygen atoms in total. The van der Waals surface area contributed by atoms with E-state index in [4.69, 9.17) is 9.47 Å². The van der Waals surface area contributed by atoms with Crippen LogP contribution in [0.1, 0.15) is 104 Å². The van der Waals surface area contributed by atoms with Gasteiger partial charge in [-0.3, -0.25) is 4.79 Å². The number of esters is 1. The molecule has 0 saturated carbocycles. The van der Waals surface area contributed by atoms with Crippen LogP contribution in [-0.4, -0.2) is 25.8 Å².